The molecular formula is C7H8BrN3O. The first kappa shape index (κ1) is 9.12. The van der Waals surface area contributed by atoms with Gasteiger partial charge in [-0.15, -0.1) is 0 Å². The van der Waals surface area contributed by atoms with Gasteiger partial charge in [0.05, 0.1) is 10.9 Å². The Balaban J connectivity index is 2.84. The van der Waals surface area contributed by atoms with Crippen molar-refractivity contribution < 1.29 is 4.79 Å². The van der Waals surface area contributed by atoms with Gasteiger partial charge < -0.3 is 5.32 Å². The number of alkyl halides is 1. The van der Waals surface area contributed by atoms with Crippen LogP contribution >= 0.6 is 15.9 Å². The zero-order chi connectivity index (χ0) is 8.97. The molecule has 0 unspecified atom stereocenters. The van der Waals surface area contributed by atoms with Crippen molar-refractivity contribution in [3.8, 4) is 0 Å². The lowest BCUT2D eigenvalue weighted by atomic mass is 10.2. The van der Waals surface area contributed by atoms with E-state index in [-0.39, 0.29) is 5.78 Å². The maximum absolute atomic E-state index is 11.1. The second kappa shape index (κ2) is 4.15. The Morgan fingerprint density at radius 3 is 2.58 bits per heavy atom. The molecule has 1 N–H and O–H groups in total. The van der Waals surface area contributed by atoms with Crippen molar-refractivity contribution in [3.05, 3.63) is 18.0 Å². The van der Waals surface area contributed by atoms with Crippen molar-refractivity contribution in [1.29, 1.82) is 0 Å². The van der Waals surface area contributed by atoms with E-state index in [1.165, 1.54) is 12.4 Å². The van der Waals surface area contributed by atoms with E-state index in [1.807, 2.05) is 0 Å². The molecule has 0 fully saturated rings. The summed E-state index contributed by atoms with van der Waals surface area (Å²) < 4.78 is 0. The van der Waals surface area contributed by atoms with Crippen LogP contribution in [0.25, 0.3) is 0 Å². The van der Waals surface area contributed by atoms with Crippen molar-refractivity contribution in [2.75, 3.05) is 17.7 Å². The molecule has 0 saturated heterocycles. The molecule has 1 aromatic heterocycles. The van der Waals surface area contributed by atoms with E-state index < -0.39 is 0 Å². The number of carbonyl (C=O) groups excluding carboxylic acids is 1. The Kier molecular flexibility index (Phi) is 3.16. The largest absolute Gasteiger partial charge is 0.357 e. The average molecular weight is 230 g/mol. The number of carbonyl (C=O) groups is 1. The zero-order valence-corrected chi connectivity index (χ0v) is 8.13. The number of hydrogen-bond acceptors (Lipinski definition) is 4. The van der Waals surface area contributed by atoms with Gasteiger partial charge in [0.25, 0.3) is 0 Å². The van der Waals surface area contributed by atoms with Crippen LogP contribution in [0.3, 0.4) is 0 Å². The number of rotatable bonds is 3. The predicted molar refractivity (Wildman–Crippen MR) is 49.7 cm³/mol. The Bertz CT molecular complexity index is 272. The van der Waals surface area contributed by atoms with Gasteiger partial charge >= 0.3 is 0 Å². The van der Waals surface area contributed by atoms with Crippen LogP contribution in [0.15, 0.2) is 12.4 Å². The minimum Gasteiger partial charge on any atom is -0.357 e. The van der Waals surface area contributed by atoms with Gasteiger partial charge in [-0.2, -0.15) is 0 Å². The molecule has 0 amide bonds. The quantitative estimate of drug-likeness (QED) is 0.623. The lowest BCUT2D eigenvalue weighted by molar-refractivity contribution is 0.102. The van der Waals surface area contributed by atoms with Gasteiger partial charge in [0, 0.05) is 19.4 Å². The Hall–Kier alpha value is -0.970. The lowest BCUT2D eigenvalue weighted by Crippen LogP contribution is -2.03. The first-order valence-corrected chi connectivity index (χ1v) is 4.49. The van der Waals surface area contributed by atoms with Crippen molar-refractivity contribution in [1.82, 2.24) is 9.97 Å². The minimum atomic E-state index is -0.0161. The molecule has 0 aromatic carbocycles. The molecule has 1 rings (SSSR count). The molecule has 0 radical (unpaired) electrons. The summed E-state index contributed by atoms with van der Waals surface area (Å²) in [6, 6.07) is 0. The second-order valence-electron chi connectivity index (χ2n) is 2.10. The SMILES string of the molecule is CNc1ncc(C(=O)CBr)cn1. The molecule has 0 bridgehead atoms. The van der Waals surface area contributed by atoms with Crippen LogP contribution in [-0.4, -0.2) is 28.1 Å². The summed E-state index contributed by atoms with van der Waals surface area (Å²) in [4.78, 5) is 18.9. The van der Waals surface area contributed by atoms with Crippen molar-refractivity contribution in [2.24, 2.45) is 0 Å². The second-order valence-corrected chi connectivity index (χ2v) is 2.66. The molecule has 0 saturated carbocycles. The topological polar surface area (TPSA) is 54.9 Å². The van der Waals surface area contributed by atoms with Crippen LogP contribution in [-0.2, 0) is 0 Å². The molecule has 0 atom stereocenters. The molecule has 0 aliphatic rings. The minimum absolute atomic E-state index is 0.0161. The van der Waals surface area contributed by atoms with Gasteiger partial charge in [-0.05, 0) is 0 Å². The van der Waals surface area contributed by atoms with E-state index >= 15 is 0 Å². The lowest BCUT2D eigenvalue weighted by Gasteiger charge is -1.98. The van der Waals surface area contributed by atoms with Crippen LogP contribution in [0.1, 0.15) is 10.4 Å². The zero-order valence-electron chi connectivity index (χ0n) is 6.54. The van der Waals surface area contributed by atoms with E-state index in [0.717, 1.165) is 0 Å². The van der Waals surface area contributed by atoms with Crippen molar-refractivity contribution in [3.63, 3.8) is 0 Å². The first-order valence-electron chi connectivity index (χ1n) is 3.37. The van der Waals surface area contributed by atoms with E-state index in [2.05, 4.69) is 31.2 Å². The fourth-order valence-corrected chi connectivity index (χ4v) is 1.00. The number of ketones is 1. The fourth-order valence-electron chi connectivity index (χ4n) is 0.678. The van der Waals surface area contributed by atoms with E-state index in [0.29, 0.717) is 16.8 Å². The number of halogens is 1. The molecular weight excluding hydrogens is 222 g/mol. The van der Waals surface area contributed by atoms with Crippen LogP contribution in [0, 0.1) is 0 Å². The molecule has 0 aliphatic heterocycles. The first-order chi connectivity index (χ1) is 5.77. The van der Waals surface area contributed by atoms with Crippen molar-refractivity contribution >= 4 is 27.7 Å². The van der Waals surface area contributed by atoms with Crippen LogP contribution in [0.2, 0.25) is 0 Å². The standard InChI is InChI=1S/C7H8BrN3O/c1-9-7-10-3-5(4-11-7)6(12)2-8/h3-4H,2H2,1H3,(H,9,10,11). The number of nitrogens with zero attached hydrogens (tertiary/aromatic N) is 2. The summed E-state index contributed by atoms with van der Waals surface area (Å²) in [5.74, 6) is 0.499. The third kappa shape index (κ3) is 2.01. The Morgan fingerprint density at radius 2 is 2.17 bits per heavy atom. The number of nitrogens with one attached hydrogen (secondary N) is 1. The van der Waals surface area contributed by atoms with Crippen LogP contribution < -0.4 is 5.32 Å². The van der Waals surface area contributed by atoms with E-state index in [4.69, 9.17) is 0 Å². The van der Waals surface area contributed by atoms with Gasteiger partial charge in [-0.25, -0.2) is 9.97 Å². The van der Waals surface area contributed by atoms with Crippen LogP contribution in [0.4, 0.5) is 5.95 Å². The van der Waals surface area contributed by atoms with Gasteiger partial charge in [-0.1, -0.05) is 15.9 Å². The number of anilines is 1. The Morgan fingerprint density at radius 1 is 1.58 bits per heavy atom. The van der Waals surface area contributed by atoms with Gasteiger partial charge in [-0.3, -0.25) is 4.79 Å². The molecule has 0 aliphatic carbocycles. The Labute approximate surface area is 78.5 Å². The third-order valence-electron chi connectivity index (χ3n) is 1.32. The highest BCUT2D eigenvalue weighted by Gasteiger charge is 2.03. The number of aromatic nitrogens is 2. The molecule has 0 spiro atoms. The smallest absolute Gasteiger partial charge is 0.222 e. The molecule has 5 heteroatoms. The van der Waals surface area contributed by atoms with Gasteiger partial charge in [0.1, 0.15) is 0 Å². The summed E-state index contributed by atoms with van der Waals surface area (Å²) >= 11 is 3.07. The van der Waals surface area contributed by atoms with E-state index in [1.54, 1.807) is 7.05 Å². The number of hydrogen-bond donors (Lipinski definition) is 1. The molecule has 4 nitrogen and oxygen atoms in total. The molecule has 12 heavy (non-hydrogen) atoms. The highest BCUT2D eigenvalue weighted by molar-refractivity contribution is 9.09. The van der Waals surface area contributed by atoms with Gasteiger partial charge in [0.2, 0.25) is 5.95 Å². The number of Topliss-reactive ketones (excluding diaryl/α,β-unsaturated/α-hetero) is 1. The average Bonchev–Trinajstić information content (AvgIpc) is 2.17. The normalized spacial score (nSPS) is 9.50. The van der Waals surface area contributed by atoms with Gasteiger partial charge in [0.15, 0.2) is 5.78 Å². The summed E-state index contributed by atoms with van der Waals surface area (Å²) in [6.07, 6.45) is 3.00. The van der Waals surface area contributed by atoms with Crippen LogP contribution in [0.5, 0.6) is 0 Å². The van der Waals surface area contributed by atoms with E-state index in [9.17, 15) is 4.79 Å². The van der Waals surface area contributed by atoms with Crippen molar-refractivity contribution in [2.45, 2.75) is 0 Å². The molecule has 1 aromatic rings. The molecule has 1 heterocycles. The fraction of sp³-hybridized carbons (Fsp3) is 0.286. The monoisotopic (exact) mass is 229 g/mol. The summed E-state index contributed by atoms with van der Waals surface area (Å²) in [5.41, 5.74) is 0.519. The summed E-state index contributed by atoms with van der Waals surface area (Å²) in [7, 11) is 1.72. The molecule has 64 valence electrons. The highest BCUT2D eigenvalue weighted by atomic mass is 79.9. The maximum Gasteiger partial charge on any atom is 0.222 e. The third-order valence-corrected chi connectivity index (χ3v) is 1.83. The summed E-state index contributed by atoms with van der Waals surface area (Å²) in [6.45, 7) is 0. The highest BCUT2D eigenvalue weighted by Crippen LogP contribution is 2.01. The maximum atomic E-state index is 11.1. The predicted octanol–water partition coefficient (Wildman–Crippen LogP) is 1.10. The summed E-state index contributed by atoms with van der Waals surface area (Å²) in [5, 5.41) is 3.07.